The van der Waals surface area contributed by atoms with Crippen LogP contribution in [0.3, 0.4) is 0 Å². The third kappa shape index (κ3) is 4.98. The molecule has 1 aromatic carbocycles. The molecule has 1 unspecified atom stereocenters. The molecule has 0 aliphatic rings. The first-order valence-electron chi connectivity index (χ1n) is 5.92. The molecule has 19 heavy (non-hydrogen) atoms. The van der Waals surface area contributed by atoms with Crippen LogP contribution in [0.15, 0.2) is 29.2 Å². The van der Waals surface area contributed by atoms with Crippen molar-refractivity contribution in [3.05, 3.63) is 29.8 Å². The Labute approximate surface area is 113 Å². The van der Waals surface area contributed by atoms with Crippen LogP contribution in [0.1, 0.15) is 25.5 Å². The number of hydrogen-bond acceptors (Lipinski definition) is 4. The summed E-state index contributed by atoms with van der Waals surface area (Å²) in [4.78, 5) is 10.8. The number of rotatable bonds is 6. The minimum absolute atomic E-state index is 0.135. The molecule has 0 aliphatic carbocycles. The van der Waals surface area contributed by atoms with Gasteiger partial charge in [0.05, 0.1) is 4.90 Å². The van der Waals surface area contributed by atoms with Crippen molar-refractivity contribution >= 4 is 15.9 Å². The van der Waals surface area contributed by atoms with Gasteiger partial charge in [-0.1, -0.05) is 12.1 Å². The van der Waals surface area contributed by atoms with Crippen molar-refractivity contribution < 1.29 is 13.2 Å². The number of sulfonamides is 1. The Bertz CT molecular complexity index is 524. The van der Waals surface area contributed by atoms with Crippen LogP contribution < -0.4 is 15.8 Å². The van der Waals surface area contributed by atoms with Crippen molar-refractivity contribution in [2.24, 2.45) is 5.73 Å². The predicted molar refractivity (Wildman–Crippen MR) is 72.9 cm³/mol. The van der Waals surface area contributed by atoms with Crippen LogP contribution in [0, 0.1) is 0 Å². The van der Waals surface area contributed by atoms with Crippen LogP contribution in [0.5, 0.6) is 0 Å². The van der Waals surface area contributed by atoms with Gasteiger partial charge >= 0.3 is 0 Å². The predicted octanol–water partition coefficient (Wildman–Crippen LogP) is 0.121. The lowest BCUT2D eigenvalue weighted by atomic mass is 10.1. The molecule has 0 heterocycles. The Morgan fingerprint density at radius 3 is 2.32 bits per heavy atom. The summed E-state index contributed by atoms with van der Waals surface area (Å²) in [5.74, 6) is -0.194. The van der Waals surface area contributed by atoms with E-state index in [0.717, 1.165) is 5.56 Å². The Hall–Kier alpha value is -1.44. The van der Waals surface area contributed by atoms with Gasteiger partial charge in [0, 0.05) is 26.1 Å². The van der Waals surface area contributed by atoms with Crippen molar-refractivity contribution in [1.82, 2.24) is 10.0 Å². The quantitative estimate of drug-likeness (QED) is 0.646. The van der Waals surface area contributed by atoms with Crippen molar-refractivity contribution in [3.8, 4) is 0 Å². The standard InChI is InChI=1S/C12H19N3O3S/c1-9(13)11-3-5-12(6-4-11)19(17,18)15-8-7-14-10(2)16/h3-6,9,15H,7-8,13H2,1-2H3,(H,14,16). The Morgan fingerprint density at radius 1 is 1.26 bits per heavy atom. The number of hydrogen-bond donors (Lipinski definition) is 3. The minimum atomic E-state index is -3.54. The first-order chi connectivity index (χ1) is 8.83. The summed E-state index contributed by atoms with van der Waals surface area (Å²) in [5, 5.41) is 2.51. The van der Waals surface area contributed by atoms with E-state index in [1.165, 1.54) is 19.1 Å². The van der Waals surface area contributed by atoms with Gasteiger partial charge in [0.15, 0.2) is 0 Å². The first-order valence-corrected chi connectivity index (χ1v) is 7.41. The van der Waals surface area contributed by atoms with Crippen molar-refractivity contribution in [2.75, 3.05) is 13.1 Å². The number of nitrogens with two attached hydrogens (primary N) is 1. The van der Waals surface area contributed by atoms with Crippen LogP contribution in [-0.2, 0) is 14.8 Å². The fraction of sp³-hybridized carbons (Fsp3) is 0.417. The van der Waals surface area contributed by atoms with E-state index in [1.807, 2.05) is 6.92 Å². The van der Waals surface area contributed by atoms with Crippen LogP contribution in [0.25, 0.3) is 0 Å². The molecule has 0 saturated carbocycles. The zero-order chi connectivity index (χ0) is 14.5. The third-order valence-corrected chi connectivity index (χ3v) is 3.98. The van der Waals surface area contributed by atoms with E-state index in [9.17, 15) is 13.2 Å². The maximum Gasteiger partial charge on any atom is 0.240 e. The van der Waals surface area contributed by atoms with E-state index in [2.05, 4.69) is 10.0 Å². The molecule has 1 atom stereocenters. The molecule has 0 aromatic heterocycles. The molecule has 1 rings (SSSR count). The topological polar surface area (TPSA) is 101 Å². The van der Waals surface area contributed by atoms with Gasteiger partial charge in [0.25, 0.3) is 0 Å². The molecule has 0 spiro atoms. The van der Waals surface area contributed by atoms with Gasteiger partial charge in [0.1, 0.15) is 0 Å². The second-order valence-corrected chi connectivity index (χ2v) is 6.01. The Balaban J connectivity index is 2.64. The number of carbonyl (C=O) groups is 1. The summed E-state index contributed by atoms with van der Waals surface area (Å²) < 4.78 is 26.2. The van der Waals surface area contributed by atoms with E-state index >= 15 is 0 Å². The highest BCUT2D eigenvalue weighted by Gasteiger charge is 2.13. The fourth-order valence-electron chi connectivity index (χ4n) is 1.46. The number of nitrogens with one attached hydrogen (secondary N) is 2. The summed E-state index contributed by atoms with van der Waals surface area (Å²) >= 11 is 0. The highest BCUT2D eigenvalue weighted by atomic mass is 32.2. The fourth-order valence-corrected chi connectivity index (χ4v) is 2.49. The van der Waals surface area contributed by atoms with E-state index in [4.69, 9.17) is 5.73 Å². The normalized spacial score (nSPS) is 13.0. The monoisotopic (exact) mass is 285 g/mol. The number of carbonyl (C=O) groups excluding carboxylic acids is 1. The zero-order valence-electron chi connectivity index (χ0n) is 11.0. The molecule has 1 aromatic rings. The molecule has 0 radical (unpaired) electrons. The average Bonchev–Trinajstić information content (AvgIpc) is 2.34. The molecule has 6 nitrogen and oxygen atoms in total. The second-order valence-electron chi connectivity index (χ2n) is 4.24. The van der Waals surface area contributed by atoms with Crippen LogP contribution >= 0.6 is 0 Å². The second kappa shape index (κ2) is 6.65. The van der Waals surface area contributed by atoms with Crippen LogP contribution in [-0.4, -0.2) is 27.4 Å². The van der Waals surface area contributed by atoms with Gasteiger partial charge < -0.3 is 11.1 Å². The summed E-state index contributed by atoms with van der Waals surface area (Å²) in [6.45, 7) is 3.61. The Morgan fingerprint density at radius 2 is 1.84 bits per heavy atom. The number of amides is 1. The molecule has 0 saturated heterocycles. The molecule has 1 amide bonds. The SMILES string of the molecule is CC(=O)NCCNS(=O)(=O)c1ccc(C(C)N)cc1. The highest BCUT2D eigenvalue weighted by Crippen LogP contribution is 2.14. The van der Waals surface area contributed by atoms with Gasteiger partial charge in [-0.25, -0.2) is 13.1 Å². The minimum Gasteiger partial charge on any atom is -0.355 e. The maximum absolute atomic E-state index is 11.9. The maximum atomic E-state index is 11.9. The third-order valence-electron chi connectivity index (χ3n) is 2.51. The van der Waals surface area contributed by atoms with Gasteiger partial charge in [0.2, 0.25) is 15.9 Å². The van der Waals surface area contributed by atoms with E-state index in [-0.39, 0.29) is 29.9 Å². The largest absolute Gasteiger partial charge is 0.355 e. The molecule has 4 N–H and O–H groups in total. The number of benzene rings is 1. The lowest BCUT2D eigenvalue weighted by molar-refractivity contribution is -0.118. The van der Waals surface area contributed by atoms with Crippen molar-refractivity contribution in [3.63, 3.8) is 0 Å². The smallest absolute Gasteiger partial charge is 0.240 e. The molecule has 0 bridgehead atoms. The molecule has 0 fully saturated rings. The lowest BCUT2D eigenvalue weighted by Gasteiger charge is -2.09. The van der Waals surface area contributed by atoms with Crippen LogP contribution in [0.4, 0.5) is 0 Å². The van der Waals surface area contributed by atoms with Crippen molar-refractivity contribution in [2.45, 2.75) is 24.8 Å². The van der Waals surface area contributed by atoms with E-state index in [0.29, 0.717) is 0 Å². The Kier molecular flexibility index (Phi) is 5.46. The molecule has 106 valence electrons. The van der Waals surface area contributed by atoms with Gasteiger partial charge in [-0.05, 0) is 24.6 Å². The molecular formula is C12H19N3O3S. The van der Waals surface area contributed by atoms with E-state index < -0.39 is 10.0 Å². The molecule has 7 heteroatoms. The van der Waals surface area contributed by atoms with Gasteiger partial charge in [-0.2, -0.15) is 0 Å². The van der Waals surface area contributed by atoms with Gasteiger partial charge in [-0.3, -0.25) is 4.79 Å². The lowest BCUT2D eigenvalue weighted by Crippen LogP contribution is -2.33. The average molecular weight is 285 g/mol. The molecular weight excluding hydrogens is 266 g/mol. The summed E-state index contributed by atoms with van der Waals surface area (Å²) in [5.41, 5.74) is 6.57. The molecule has 0 aliphatic heterocycles. The highest BCUT2D eigenvalue weighted by molar-refractivity contribution is 7.89. The first kappa shape index (κ1) is 15.6. The summed E-state index contributed by atoms with van der Waals surface area (Å²) in [6.07, 6.45) is 0. The van der Waals surface area contributed by atoms with Crippen molar-refractivity contribution in [1.29, 1.82) is 0 Å². The van der Waals surface area contributed by atoms with Crippen LogP contribution in [0.2, 0.25) is 0 Å². The zero-order valence-corrected chi connectivity index (χ0v) is 11.8. The van der Waals surface area contributed by atoms with Gasteiger partial charge in [-0.15, -0.1) is 0 Å². The van der Waals surface area contributed by atoms with E-state index in [1.54, 1.807) is 12.1 Å². The summed E-state index contributed by atoms with van der Waals surface area (Å²) in [7, 11) is -3.54. The summed E-state index contributed by atoms with van der Waals surface area (Å²) in [6, 6.07) is 6.27.